The van der Waals surface area contributed by atoms with Gasteiger partial charge in [-0.2, -0.15) is 0 Å². The Morgan fingerprint density at radius 1 is 0.906 bits per heavy atom. The number of H-pyrrole nitrogens is 1. The van der Waals surface area contributed by atoms with Gasteiger partial charge in [0.05, 0.1) is 12.1 Å². The average Bonchev–Trinajstić information content (AvgIpc) is 3.11. The Hall–Kier alpha value is -3.73. The standard InChI is InChI=1S/C27H27NO4/c1-17-10-6-15-24(19(17)3)31-16-8-14-23-22-13-7-12-21(20-11-5-4-9-18(20)2)25(22)28-26(23)32-27(29)30/h4-7,9-13,15,28H,8,14,16H2,1-3H3,(H,29,30). The number of ether oxygens (including phenoxy) is 2. The fraction of sp³-hybridized carbons (Fsp3) is 0.222. The Bertz CT molecular complexity index is 1270. The number of hydrogen-bond acceptors (Lipinski definition) is 3. The molecule has 0 fully saturated rings. The van der Waals surface area contributed by atoms with Gasteiger partial charge in [-0.05, 0) is 61.9 Å². The normalized spacial score (nSPS) is 11.0. The Morgan fingerprint density at radius 3 is 2.41 bits per heavy atom. The van der Waals surface area contributed by atoms with Gasteiger partial charge < -0.3 is 19.6 Å². The molecule has 0 spiro atoms. The van der Waals surface area contributed by atoms with E-state index < -0.39 is 6.16 Å². The van der Waals surface area contributed by atoms with Crippen molar-refractivity contribution in [3.8, 4) is 22.8 Å². The van der Waals surface area contributed by atoms with E-state index in [1.165, 1.54) is 5.56 Å². The highest BCUT2D eigenvalue weighted by atomic mass is 16.7. The van der Waals surface area contributed by atoms with Gasteiger partial charge >= 0.3 is 6.16 Å². The molecule has 4 rings (SSSR count). The molecule has 2 N–H and O–H groups in total. The van der Waals surface area contributed by atoms with Gasteiger partial charge in [0, 0.05) is 16.5 Å². The van der Waals surface area contributed by atoms with E-state index >= 15 is 0 Å². The van der Waals surface area contributed by atoms with Crippen LogP contribution in [0, 0.1) is 20.8 Å². The van der Waals surface area contributed by atoms with Crippen LogP contribution in [-0.2, 0) is 6.42 Å². The number of para-hydroxylation sites is 1. The number of aromatic amines is 1. The molecule has 0 saturated carbocycles. The van der Waals surface area contributed by atoms with Gasteiger partial charge in [0.1, 0.15) is 5.75 Å². The first-order valence-electron chi connectivity index (χ1n) is 10.7. The highest BCUT2D eigenvalue weighted by Gasteiger charge is 2.18. The first-order valence-corrected chi connectivity index (χ1v) is 10.7. The van der Waals surface area contributed by atoms with E-state index in [4.69, 9.17) is 9.47 Å². The van der Waals surface area contributed by atoms with Crippen molar-refractivity contribution in [2.24, 2.45) is 0 Å². The van der Waals surface area contributed by atoms with E-state index in [-0.39, 0.29) is 5.88 Å². The lowest BCUT2D eigenvalue weighted by Gasteiger charge is -2.11. The number of benzene rings is 3. The Morgan fingerprint density at radius 2 is 1.62 bits per heavy atom. The molecule has 32 heavy (non-hydrogen) atoms. The molecule has 0 aliphatic rings. The number of carbonyl (C=O) groups is 1. The number of rotatable bonds is 7. The molecule has 0 aliphatic heterocycles. The molecule has 5 heteroatoms. The minimum Gasteiger partial charge on any atom is -0.493 e. The van der Waals surface area contributed by atoms with Crippen molar-refractivity contribution < 1.29 is 19.4 Å². The third-order valence-electron chi connectivity index (χ3n) is 5.91. The van der Waals surface area contributed by atoms with Crippen LogP contribution in [0.3, 0.4) is 0 Å². The van der Waals surface area contributed by atoms with Gasteiger partial charge in [-0.25, -0.2) is 4.79 Å². The van der Waals surface area contributed by atoms with Gasteiger partial charge in [0.25, 0.3) is 0 Å². The predicted octanol–water partition coefficient (Wildman–Crippen LogP) is 6.83. The summed E-state index contributed by atoms with van der Waals surface area (Å²) in [7, 11) is 0. The summed E-state index contributed by atoms with van der Waals surface area (Å²) in [6, 6.07) is 20.2. The fourth-order valence-electron chi connectivity index (χ4n) is 4.08. The van der Waals surface area contributed by atoms with Crippen molar-refractivity contribution in [3.63, 3.8) is 0 Å². The number of aromatic nitrogens is 1. The van der Waals surface area contributed by atoms with Gasteiger partial charge in [0.2, 0.25) is 5.88 Å². The Kier molecular flexibility index (Phi) is 6.17. The number of aryl methyl sites for hydroxylation is 3. The molecule has 3 aromatic carbocycles. The number of nitrogens with one attached hydrogen (secondary N) is 1. The minimum atomic E-state index is -1.33. The second-order valence-corrected chi connectivity index (χ2v) is 7.99. The van der Waals surface area contributed by atoms with Crippen LogP contribution < -0.4 is 9.47 Å². The minimum absolute atomic E-state index is 0.278. The quantitative estimate of drug-likeness (QED) is 0.249. The SMILES string of the molecule is Cc1ccccc1-c1cccc2c(CCCOc3cccc(C)c3C)c(OC(=O)O)[nH]c12. The second-order valence-electron chi connectivity index (χ2n) is 7.99. The lowest BCUT2D eigenvalue weighted by molar-refractivity contribution is 0.142. The molecule has 0 saturated heterocycles. The Labute approximate surface area is 187 Å². The zero-order valence-electron chi connectivity index (χ0n) is 18.6. The van der Waals surface area contributed by atoms with Gasteiger partial charge in [0.15, 0.2) is 0 Å². The molecular weight excluding hydrogens is 402 g/mol. The van der Waals surface area contributed by atoms with E-state index in [0.29, 0.717) is 13.0 Å². The van der Waals surface area contributed by atoms with Gasteiger partial charge in [-0.1, -0.05) is 54.6 Å². The molecule has 1 heterocycles. The zero-order valence-corrected chi connectivity index (χ0v) is 18.6. The van der Waals surface area contributed by atoms with Crippen LogP contribution in [0.25, 0.3) is 22.0 Å². The summed E-state index contributed by atoms with van der Waals surface area (Å²) in [6.07, 6.45) is 0.0252. The van der Waals surface area contributed by atoms with E-state index in [0.717, 1.165) is 50.9 Å². The van der Waals surface area contributed by atoms with Crippen molar-refractivity contribution in [3.05, 3.63) is 82.9 Å². The summed E-state index contributed by atoms with van der Waals surface area (Å²) in [5.41, 5.74) is 7.34. The maximum absolute atomic E-state index is 11.3. The summed E-state index contributed by atoms with van der Waals surface area (Å²) in [6.45, 7) is 6.71. The number of carboxylic acid groups (broad SMARTS) is 1. The molecule has 0 atom stereocenters. The van der Waals surface area contributed by atoms with Crippen LogP contribution in [0.2, 0.25) is 0 Å². The first-order chi connectivity index (χ1) is 15.5. The number of fused-ring (bicyclic) bond motifs is 1. The fourth-order valence-corrected chi connectivity index (χ4v) is 4.08. The third kappa shape index (κ3) is 4.33. The summed E-state index contributed by atoms with van der Waals surface area (Å²) < 4.78 is 11.1. The first kappa shape index (κ1) is 21.5. The molecule has 0 aliphatic carbocycles. The molecule has 164 valence electrons. The summed E-state index contributed by atoms with van der Waals surface area (Å²) >= 11 is 0. The smallest absolute Gasteiger partial charge is 0.493 e. The van der Waals surface area contributed by atoms with Crippen molar-refractivity contribution in [2.45, 2.75) is 33.6 Å². The highest BCUT2D eigenvalue weighted by Crippen LogP contribution is 2.36. The second kappa shape index (κ2) is 9.18. The van der Waals surface area contributed by atoms with Crippen LogP contribution in [0.1, 0.15) is 28.7 Å². The molecular formula is C27H27NO4. The van der Waals surface area contributed by atoms with E-state index in [1.54, 1.807) is 0 Å². The largest absolute Gasteiger partial charge is 0.512 e. The molecule has 4 aromatic rings. The van der Waals surface area contributed by atoms with E-state index in [9.17, 15) is 9.90 Å². The van der Waals surface area contributed by atoms with Crippen LogP contribution >= 0.6 is 0 Å². The van der Waals surface area contributed by atoms with Crippen molar-refractivity contribution in [1.82, 2.24) is 4.98 Å². The van der Waals surface area contributed by atoms with Crippen molar-refractivity contribution in [2.75, 3.05) is 6.61 Å². The maximum atomic E-state index is 11.3. The van der Waals surface area contributed by atoms with Crippen molar-refractivity contribution in [1.29, 1.82) is 0 Å². The molecule has 0 amide bonds. The third-order valence-corrected chi connectivity index (χ3v) is 5.91. The maximum Gasteiger partial charge on any atom is 0.512 e. The summed E-state index contributed by atoms with van der Waals surface area (Å²) in [4.78, 5) is 14.5. The lowest BCUT2D eigenvalue weighted by atomic mass is 9.97. The lowest BCUT2D eigenvalue weighted by Crippen LogP contribution is -2.06. The topological polar surface area (TPSA) is 71.6 Å². The van der Waals surface area contributed by atoms with Crippen LogP contribution in [0.4, 0.5) is 4.79 Å². The van der Waals surface area contributed by atoms with E-state index in [1.807, 2.05) is 42.5 Å². The number of hydrogen-bond donors (Lipinski definition) is 2. The molecule has 0 bridgehead atoms. The van der Waals surface area contributed by atoms with Crippen LogP contribution in [0.15, 0.2) is 60.7 Å². The monoisotopic (exact) mass is 429 g/mol. The van der Waals surface area contributed by atoms with Gasteiger partial charge in [-0.3, -0.25) is 0 Å². The molecule has 0 radical (unpaired) electrons. The van der Waals surface area contributed by atoms with Crippen molar-refractivity contribution >= 4 is 17.1 Å². The predicted molar refractivity (Wildman–Crippen MR) is 127 cm³/mol. The van der Waals surface area contributed by atoms with E-state index in [2.05, 4.69) is 44.0 Å². The van der Waals surface area contributed by atoms with Gasteiger partial charge in [-0.15, -0.1) is 0 Å². The molecule has 5 nitrogen and oxygen atoms in total. The Balaban J connectivity index is 1.62. The summed E-state index contributed by atoms with van der Waals surface area (Å²) in [5.74, 6) is 1.16. The highest BCUT2D eigenvalue weighted by molar-refractivity contribution is 5.98. The average molecular weight is 430 g/mol. The van der Waals surface area contributed by atoms with Crippen LogP contribution in [-0.4, -0.2) is 22.9 Å². The zero-order chi connectivity index (χ0) is 22.7. The summed E-state index contributed by atoms with van der Waals surface area (Å²) in [5, 5.41) is 10.2. The van der Waals surface area contributed by atoms with Crippen LogP contribution in [0.5, 0.6) is 11.6 Å². The molecule has 1 aromatic heterocycles. The molecule has 0 unspecified atom stereocenters.